The van der Waals surface area contributed by atoms with E-state index in [0.717, 1.165) is 6.42 Å². The molecule has 0 saturated heterocycles. The molecule has 1 aliphatic carbocycles. The summed E-state index contributed by atoms with van der Waals surface area (Å²) >= 11 is 0. The number of aliphatic carboxylic acids is 1. The lowest BCUT2D eigenvalue weighted by Gasteiger charge is -2.11. The predicted octanol–water partition coefficient (Wildman–Crippen LogP) is 1.32. The number of carbonyl (C=O) groups excluding carboxylic acids is 1. The lowest BCUT2D eigenvalue weighted by molar-refractivity contribution is -0.141. The molecule has 1 fully saturated rings. The van der Waals surface area contributed by atoms with Crippen LogP contribution in [0.3, 0.4) is 0 Å². The van der Waals surface area contributed by atoms with Crippen LogP contribution in [0.25, 0.3) is 0 Å². The van der Waals surface area contributed by atoms with Gasteiger partial charge in [-0.2, -0.15) is 0 Å². The molecule has 0 heterocycles. The summed E-state index contributed by atoms with van der Waals surface area (Å²) in [6.45, 7) is 3.54. The Kier molecular flexibility index (Phi) is 4.34. The van der Waals surface area contributed by atoms with Crippen molar-refractivity contribution in [1.29, 1.82) is 0 Å². The summed E-state index contributed by atoms with van der Waals surface area (Å²) in [5.74, 6) is -1.04. The number of hydrogen-bond donors (Lipinski definition) is 2. The lowest BCUT2D eigenvalue weighted by atomic mass is 10.1. The van der Waals surface area contributed by atoms with Crippen LogP contribution in [0.15, 0.2) is 12.7 Å². The number of carboxylic acid groups (broad SMARTS) is 1. The minimum absolute atomic E-state index is 0.00839. The third-order valence-electron chi connectivity index (χ3n) is 2.72. The largest absolute Gasteiger partial charge is 0.481 e. The minimum Gasteiger partial charge on any atom is -0.481 e. The van der Waals surface area contributed by atoms with Crippen LogP contribution in [0, 0.1) is 5.92 Å². The van der Waals surface area contributed by atoms with Gasteiger partial charge in [-0.15, -0.1) is 6.58 Å². The Labute approximate surface area is 89.4 Å². The number of hydrogen-bond acceptors (Lipinski definition) is 2. The van der Waals surface area contributed by atoms with Crippen LogP contribution in [0.2, 0.25) is 0 Å². The van der Waals surface area contributed by atoms with E-state index in [1.807, 2.05) is 0 Å². The molecule has 1 aliphatic rings. The smallest absolute Gasteiger partial charge is 0.306 e. The number of nitrogens with one attached hydrogen (secondary N) is 1. The van der Waals surface area contributed by atoms with Gasteiger partial charge in [0, 0.05) is 12.5 Å². The first-order valence-electron chi connectivity index (χ1n) is 5.26. The first kappa shape index (κ1) is 11.8. The van der Waals surface area contributed by atoms with E-state index >= 15 is 0 Å². The Morgan fingerprint density at radius 1 is 1.47 bits per heavy atom. The highest BCUT2D eigenvalue weighted by Crippen LogP contribution is 2.25. The van der Waals surface area contributed by atoms with Crippen molar-refractivity contribution in [2.75, 3.05) is 0 Å². The highest BCUT2D eigenvalue weighted by Gasteiger charge is 2.30. The SMILES string of the molecule is C=CCCC(=O)N[C@@H]1CC[C@H](C(=O)O)C1. The molecule has 0 radical (unpaired) electrons. The lowest BCUT2D eigenvalue weighted by Crippen LogP contribution is -2.33. The summed E-state index contributed by atoms with van der Waals surface area (Å²) in [7, 11) is 0. The Hall–Kier alpha value is -1.32. The molecule has 2 atom stereocenters. The molecule has 84 valence electrons. The first-order chi connectivity index (χ1) is 7.13. The zero-order valence-electron chi connectivity index (χ0n) is 8.74. The summed E-state index contributed by atoms with van der Waals surface area (Å²) in [6.07, 6.45) is 4.82. The molecule has 4 nitrogen and oxygen atoms in total. The summed E-state index contributed by atoms with van der Waals surface area (Å²) in [4.78, 5) is 22.0. The standard InChI is InChI=1S/C11H17NO3/c1-2-3-4-10(13)12-9-6-5-8(7-9)11(14)15/h2,8-9H,1,3-7H2,(H,12,13)(H,14,15)/t8-,9+/m0/s1. The van der Waals surface area contributed by atoms with Crippen LogP contribution in [0.1, 0.15) is 32.1 Å². The van der Waals surface area contributed by atoms with E-state index in [9.17, 15) is 9.59 Å². The molecule has 0 aliphatic heterocycles. The summed E-state index contributed by atoms with van der Waals surface area (Å²) in [5.41, 5.74) is 0. The van der Waals surface area contributed by atoms with Crippen LogP contribution in [-0.2, 0) is 9.59 Å². The van der Waals surface area contributed by atoms with Crippen LogP contribution in [-0.4, -0.2) is 23.0 Å². The van der Waals surface area contributed by atoms with Crippen molar-refractivity contribution in [3.63, 3.8) is 0 Å². The van der Waals surface area contributed by atoms with Crippen molar-refractivity contribution >= 4 is 11.9 Å². The maximum Gasteiger partial charge on any atom is 0.306 e. The van der Waals surface area contributed by atoms with E-state index < -0.39 is 5.97 Å². The minimum atomic E-state index is -0.752. The molecule has 15 heavy (non-hydrogen) atoms. The predicted molar refractivity (Wildman–Crippen MR) is 56.3 cm³/mol. The van der Waals surface area contributed by atoms with E-state index in [2.05, 4.69) is 11.9 Å². The third-order valence-corrected chi connectivity index (χ3v) is 2.72. The Morgan fingerprint density at radius 2 is 2.20 bits per heavy atom. The van der Waals surface area contributed by atoms with Crippen molar-refractivity contribution < 1.29 is 14.7 Å². The van der Waals surface area contributed by atoms with Gasteiger partial charge in [-0.25, -0.2) is 0 Å². The number of carboxylic acids is 1. The second-order valence-electron chi connectivity index (χ2n) is 3.94. The molecule has 0 aromatic carbocycles. The zero-order chi connectivity index (χ0) is 11.3. The van der Waals surface area contributed by atoms with Crippen molar-refractivity contribution in [2.24, 2.45) is 5.92 Å². The fourth-order valence-corrected chi connectivity index (χ4v) is 1.87. The molecular formula is C11H17NO3. The van der Waals surface area contributed by atoms with Crippen LogP contribution >= 0.6 is 0 Å². The molecule has 2 N–H and O–H groups in total. The van der Waals surface area contributed by atoms with E-state index in [1.165, 1.54) is 0 Å². The van der Waals surface area contributed by atoms with E-state index in [1.54, 1.807) is 6.08 Å². The third kappa shape index (κ3) is 3.73. The van der Waals surface area contributed by atoms with Gasteiger partial charge in [0.05, 0.1) is 5.92 Å². The fraction of sp³-hybridized carbons (Fsp3) is 0.636. The Morgan fingerprint density at radius 3 is 2.73 bits per heavy atom. The monoisotopic (exact) mass is 211 g/mol. The van der Waals surface area contributed by atoms with Crippen molar-refractivity contribution in [2.45, 2.75) is 38.1 Å². The number of rotatable bonds is 5. The van der Waals surface area contributed by atoms with Gasteiger partial charge in [0.1, 0.15) is 0 Å². The molecular weight excluding hydrogens is 194 g/mol. The van der Waals surface area contributed by atoms with Gasteiger partial charge in [-0.05, 0) is 25.7 Å². The molecule has 1 saturated carbocycles. The van der Waals surface area contributed by atoms with Gasteiger partial charge in [-0.1, -0.05) is 6.08 Å². The summed E-state index contributed by atoms with van der Waals surface area (Å²) in [6, 6.07) is 0.0448. The number of amides is 1. The maximum absolute atomic E-state index is 11.3. The molecule has 1 amide bonds. The van der Waals surface area contributed by atoms with Gasteiger partial charge < -0.3 is 10.4 Å². The molecule has 0 aromatic heterocycles. The fourth-order valence-electron chi connectivity index (χ4n) is 1.87. The second-order valence-corrected chi connectivity index (χ2v) is 3.94. The average molecular weight is 211 g/mol. The van der Waals surface area contributed by atoms with Crippen molar-refractivity contribution in [3.8, 4) is 0 Å². The average Bonchev–Trinajstić information content (AvgIpc) is 2.63. The molecule has 1 rings (SSSR count). The summed E-state index contributed by atoms with van der Waals surface area (Å²) in [5, 5.41) is 11.6. The quantitative estimate of drug-likeness (QED) is 0.674. The molecule has 0 aromatic rings. The Balaban J connectivity index is 2.26. The molecule has 0 spiro atoms. The van der Waals surface area contributed by atoms with E-state index in [-0.39, 0.29) is 17.9 Å². The van der Waals surface area contributed by atoms with Crippen molar-refractivity contribution in [3.05, 3.63) is 12.7 Å². The van der Waals surface area contributed by atoms with Gasteiger partial charge in [0.15, 0.2) is 0 Å². The maximum atomic E-state index is 11.3. The topological polar surface area (TPSA) is 66.4 Å². The van der Waals surface area contributed by atoms with E-state index in [4.69, 9.17) is 5.11 Å². The van der Waals surface area contributed by atoms with Gasteiger partial charge in [0.2, 0.25) is 5.91 Å². The van der Waals surface area contributed by atoms with Crippen molar-refractivity contribution in [1.82, 2.24) is 5.32 Å². The van der Waals surface area contributed by atoms with Gasteiger partial charge >= 0.3 is 5.97 Å². The van der Waals surface area contributed by atoms with Crippen LogP contribution < -0.4 is 5.32 Å². The normalized spacial score (nSPS) is 24.8. The zero-order valence-corrected chi connectivity index (χ0v) is 8.74. The van der Waals surface area contributed by atoms with Crippen LogP contribution in [0.4, 0.5) is 0 Å². The first-order valence-corrected chi connectivity index (χ1v) is 5.26. The Bertz CT molecular complexity index is 263. The molecule has 4 heteroatoms. The highest BCUT2D eigenvalue weighted by molar-refractivity contribution is 5.76. The van der Waals surface area contributed by atoms with Crippen LogP contribution in [0.5, 0.6) is 0 Å². The van der Waals surface area contributed by atoms with E-state index in [0.29, 0.717) is 25.7 Å². The highest BCUT2D eigenvalue weighted by atomic mass is 16.4. The number of carbonyl (C=O) groups is 2. The van der Waals surface area contributed by atoms with Gasteiger partial charge in [0.25, 0.3) is 0 Å². The van der Waals surface area contributed by atoms with Gasteiger partial charge in [-0.3, -0.25) is 9.59 Å². The number of allylic oxidation sites excluding steroid dienone is 1. The second kappa shape index (κ2) is 5.53. The summed E-state index contributed by atoms with van der Waals surface area (Å²) < 4.78 is 0. The molecule has 0 bridgehead atoms. The molecule has 0 unspecified atom stereocenters.